The Morgan fingerprint density at radius 3 is 1.69 bits per heavy atom. The van der Waals surface area contributed by atoms with Crippen molar-refractivity contribution in [2.45, 2.75) is 0 Å². The Hall–Kier alpha value is -2.55. The zero-order chi connectivity index (χ0) is 17.4. The third-order valence-electron chi connectivity index (χ3n) is 3.36. The third kappa shape index (κ3) is 5.22. The van der Waals surface area contributed by atoms with Crippen molar-refractivity contribution >= 4 is 36.4 Å². The number of aromatic nitrogens is 1. The number of nitriles is 2. The minimum Gasteiger partial charge on any atom is -0.368 e. The van der Waals surface area contributed by atoms with Gasteiger partial charge in [-0.2, -0.15) is 10.5 Å². The molecular weight excluding hydrogens is 373 g/mol. The highest BCUT2D eigenvalue weighted by atomic mass is 35.5. The molecule has 2 aromatic rings. The first-order chi connectivity index (χ1) is 11.8. The molecule has 7 nitrogen and oxygen atoms in total. The molecule has 1 heterocycles. The van der Waals surface area contributed by atoms with Gasteiger partial charge in [0.25, 0.3) is 0 Å². The van der Waals surface area contributed by atoms with Crippen molar-refractivity contribution in [3.8, 4) is 23.3 Å². The van der Waals surface area contributed by atoms with E-state index in [2.05, 4.69) is 27.8 Å². The number of pyridine rings is 1. The van der Waals surface area contributed by atoms with Gasteiger partial charge in [0.2, 0.25) is 0 Å². The normalized spacial score (nSPS) is 9.08. The molecule has 9 heteroatoms. The Bertz CT molecular complexity index is 738. The number of hydrogen-bond donors (Lipinski definition) is 4. The lowest BCUT2D eigenvalue weighted by atomic mass is 9.96. The molecule has 1 aromatic carbocycles. The van der Waals surface area contributed by atoms with Crippen LogP contribution in [-0.4, -0.2) is 31.2 Å². The highest BCUT2D eigenvalue weighted by Gasteiger charge is 2.20. The summed E-state index contributed by atoms with van der Waals surface area (Å²) in [5.74, 6) is 0.806. The number of nitrogens with two attached hydrogens (primary N) is 2. The van der Waals surface area contributed by atoms with Gasteiger partial charge in [0.05, 0.1) is 0 Å². The molecule has 2 rings (SSSR count). The average molecular weight is 394 g/mol. The van der Waals surface area contributed by atoms with E-state index in [0.29, 0.717) is 54.5 Å². The van der Waals surface area contributed by atoms with Gasteiger partial charge in [-0.3, -0.25) is 0 Å². The van der Waals surface area contributed by atoms with E-state index in [0.717, 1.165) is 5.56 Å². The lowest BCUT2D eigenvalue weighted by Crippen LogP contribution is -2.18. The second kappa shape index (κ2) is 11.9. The minimum atomic E-state index is 0. The van der Waals surface area contributed by atoms with Gasteiger partial charge in [-0.25, -0.2) is 4.98 Å². The number of rotatable bonds is 7. The molecule has 0 aliphatic heterocycles. The van der Waals surface area contributed by atoms with E-state index >= 15 is 0 Å². The predicted octanol–water partition coefficient (Wildman–Crippen LogP) is 2.08. The van der Waals surface area contributed by atoms with E-state index in [4.69, 9.17) is 11.5 Å². The molecule has 138 valence electrons. The Balaban J connectivity index is 0.00000312. The molecule has 0 unspecified atom stereocenters. The summed E-state index contributed by atoms with van der Waals surface area (Å²) >= 11 is 0. The molecule has 1 aromatic heterocycles. The SMILES string of the molecule is Cl.Cl.N#Cc1c(NCCN)nc(NCCN)c(C#N)c1-c1ccccc1. The number of nitrogens with zero attached hydrogens (tertiary/aromatic N) is 3. The van der Waals surface area contributed by atoms with Crippen molar-refractivity contribution in [1.82, 2.24) is 4.98 Å². The van der Waals surface area contributed by atoms with Gasteiger partial charge in [-0.1, -0.05) is 30.3 Å². The van der Waals surface area contributed by atoms with E-state index < -0.39 is 0 Å². The van der Waals surface area contributed by atoms with E-state index in [1.54, 1.807) is 0 Å². The lowest BCUT2D eigenvalue weighted by Gasteiger charge is -2.16. The highest BCUT2D eigenvalue weighted by Crippen LogP contribution is 2.34. The van der Waals surface area contributed by atoms with Crippen LogP contribution in [-0.2, 0) is 0 Å². The Morgan fingerprint density at radius 1 is 0.846 bits per heavy atom. The molecule has 0 aliphatic rings. The van der Waals surface area contributed by atoms with Crippen LogP contribution in [0.2, 0.25) is 0 Å². The summed E-state index contributed by atoms with van der Waals surface area (Å²) < 4.78 is 0. The molecule has 6 N–H and O–H groups in total. The van der Waals surface area contributed by atoms with E-state index in [9.17, 15) is 10.5 Å². The van der Waals surface area contributed by atoms with Crippen LogP contribution in [0.1, 0.15) is 11.1 Å². The van der Waals surface area contributed by atoms with Gasteiger partial charge in [0.15, 0.2) is 0 Å². The van der Waals surface area contributed by atoms with Gasteiger partial charge in [0, 0.05) is 31.7 Å². The van der Waals surface area contributed by atoms with Gasteiger partial charge in [-0.15, -0.1) is 24.8 Å². The lowest BCUT2D eigenvalue weighted by molar-refractivity contribution is 0.993. The maximum absolute atomic E-state index is 9.64. The van der Waals surface area contributed by atoms with Crippen LogP contribution in [0.5, 0.6) is 0 Å². The summed E-state index contributed by atoms with van der Waals surface area (Å²) in [6.07, 6.45) is 0. The van der Waals surface area contributed by atoms with Crippen LogP contribution in [0.25, 0.3) is 11.1 Å². The molecule has 0 saturated carbocycles. The Kier molecular flexibility index (Phi) is 10.7. The molecule has 0 spiro atoms. The van der Waals surface area contributed by atoms with Crippen molar-refractivity contribution in [2.24, 2.45) is 11.5 Å². The van der Waals surface area contributed by atoms with Crippen molar-refractivity contribution < 1.29 is 0 Å². The number of halogens is 2. The standard InChI is InChI=1S/C17H19N7.2ClH/c18-6-8-22-16-13(10-20)15(12-4-2-1-3-5-12)14(11-21)17(24-16)23-9-7-19;;/h1-5H,6-9,18-19H2,(H2,22,23,24);2*1H. The van der Waals surface area contributed by atoms with Crippen molar-refractivity contribution in [3.63, 3.8) is 0 Å². The largest absolute Gasteiger partial charge is 0.368 e. The third-order valence-corrected chi connectivity index (χ3v) is 3.36. The first-order valence-electron chi connectivity index (χ1n) is 7.58. The second-order valence-electron chi connectivity index (χ2n) is 4.95. The van der Waals surface area contributed by atoms with Gasteiger partial charge >= 0.3 is 0 Å². The van der Waals surface area contributed by atoms with E-state index in [1.165, 1.54) is 0 Å². The van der Waals surface area contributed by atoms with Gasteiger partial charge in [-0.05, 0) is 5.56 Å². The maximum atomic E-state index is 9.64. The summed E-state index contributed by atoms with van der Waals surface area (Å²) in [6.45, 7) is 1.74. The molecular formula is C17H21Cl2N7. The van der Waals surface area contributed by atoms with Gasteiger partial charge < -0.3 is 22.1 Å². The number of benzene rings is 1. The molecule has 26 heavy (non-hydrogen) atoms. The number of nitrogens with one attached hydrogen (secondary N) is 2. The molecule has 0 aliphatic carbocycles. The zero-order valence-electron chi connectivity index (χ0n) is 14.0. The summed E-state index contributed by atoms with van der Waals surface area (Å²) in [5.41, 5.74) is 13.0. The number of anilines is 2. The predicted molar refractivity (Wildman–Crippen MR) is 109 cm³/mol. The van der Waals surface area contributed by atoms with Crippen molar-refractivity contribution in [1.29, 1.82) is 10.5 Å². The van der Waals surface area contributed by atoms with Crippen LogP contribution in [0.15, 0.2) is 30.3 Å². The van der Waals surface area contributed by atoms with Crippen LogP contribution < -0.4 is 22.1 Å². The van der Waals surface area contributed by atoms with Crippen LogP contribution in [0.3, 0.4) is 0 Å². The number of hydrogen-bond acceptors (Lipinski definition) is 7. The van der Waals surface area contributed by atoms with E-state index in [1.807, 2.05) is 30.3 Å². The first kappa shape index (κ1) is 23.4. The van der Waals surface area contributed by atoms with Crippen molar-refractivity contribution in [3.05, 3.63) is 41.5 Å². The van der Waals surface area contributed by atoms with E-state index in [-0.39, 0.29) is 24.8 Å². The summed E-state index contributed by atoms with van der Waals surface area (Å²) in [6, 6.07) is 13.6. The molecule has 0 atom stereocenters. The average Bonchev–Trinajstić information content (AvgIpc) is 2.64. The van der Waals surface area contributed by atoms with Crippen LogP contribution in [0.4, 0.5) is 11.6 Å². The molecule has 0 radical (unpaired) electrons. The van der Waals surface area contributed by atoms with Crippen molar-refractivity contribution in [2.75, 3.05) is 36.8 Å². The fourth-order valence-electron chi connectivity index (χ4n) is 2.33. The smallest absolute Gasteiger partial charge is 0.147 e. The van der Waals surface area contributed by atoms with Crippen LogP contribution >= 0.6 is 24.8 Å². The molecule has 0 saturated heterocycles. The molecule has 0 fully saturated rings. The summed E-state index contributed by atoms with van der Waals surface area (Å²) in [5, 5.41) is 25.4. The molecule has 0 bridgehead atoms. The quantitative estimate of drug-likeness (QED) is 0.564. The molecule has 0 amide bonds. The monoisotopic (exact) mass is 393 g/mol. The topological polar surface area (TPSA) is 137 Å². The summed E-state index contributed by atoms with van der Waals surface area (Å²) in [7, 11) is 0. The highest BCUT2D eigenvalue weighted by molar-refractivity contribution is 5.86. The second-order valence-corrected chi connectivity index (χ2v) is 4.95. The minimum absolute atomic E-state index is 0. The fraction of sp³-hybridized carbons (Fsp3) is 0.235. The zero-order valence-corrected chi connectivity index (χ0v) is 15.7. The Morgan fingerprint density at radius 2 is 1.31 bits per heavy atom. The Labute approximate surface area is 165 Å². The first-order valence-corrected chi connectivity index (χ1v) is 7.58. The fourth-order valence-corrected chi connectivity index (χ4v) is 2.33. The van der Waals surface area contributed by atoms with Crippen LogP contribution in [0, 0.1) is 22.7 Å². The van der Waals surface area contributed by atoms with Gasteiger partial charge in [0.1, 0.15) is 34.9 Å². The summed E-state index contributed by atoms with van der Waals surface area (Å²) in [4.78, 5) is 4.40. The maximum Gasteiger partial charge on any atom is 0.147 e.